The normalized spacial score (nSPS) is 21.4. The summed E-state index contributed by atoms with van der Waals surface area (Å²) in [6, 6.07) is 6.63. The SMILES string of the molecule is CC(NCCCN1CCCCC1C)c1cc(Cl)ccc1Cl. The Labute approximate surface area is 138 Å². The number of nitrogens with one attached hydrogen (secondary N) is 1. The van der Waals surface area contributed by atoms with E-state index in [4.69, 9.17) is 23.2 Å². The van der Waals surface area contributed by atoms with Crippen LogP contribution in [0.25, 0.3) is 0 Å². The predicted molar refractivity (Wildman–Crippen MR) is 92.4 cm³/mol. The van der Waals surface area contributed by atoms with Gasteiger partial charge in [-0.15, -0.1) is 0 Å². The molecule has 0 saturated carbocycles. The van der Waals surface area contributed by atoms with Crippen molar-refractivity contribution in [3.63, 3.8) is 0 Å². The van der Waals surface area contributed by atoms with Crippen LogP contribution in [0.3, 0.4) is 0 Å². The summed E-state index contributed by atoms with van der Waals surface area (Å²) in [6.45, 7) is 7.94. The van der Waals surface area contributed by atoms with Gasteiger partial charge in [0, 0.05) is 22.1 Å². The van der Waals surface area contributed by atoms with Crippen molar-refractivity contribution in [2.45, 2.75) is 51.6 Å². The van der Waals surface area contributed by atoms with Crippen molar-refractivity contribution in [3.8, 4) is 0 Å². The molecule has 1 aromatic carbocycles. The third kappa shape index (κ3) is 5.14. The quantitative estimate of drug-likeness (QED) is 0.746. The van der Waals surface area contributed by atoms with Gasteiger partial charge >= 0.3 is 0 Å². The van der Waals surface area contributed by atoms with E-state index in [-0.39, 0.29) is 6.04 Å². The van der Waals surface area contributed by atoms with Crippen LogP contribution >= 0.6 is 23.2 Å². The van der Waals surface area contributed by atoms with Gasteiger partial charge in [0.25, 0.3) is 0 Å². The molecule has 21 heavy (non-hydrogen) atoms. The number of hydrogen-bond donors (Lipinski definition) is 1. The average molecular weight is 329 g/mol. The smallest absolute Gasteiger partial charge is 0.0454 e. The monoisotopic (exact) mass is 328 g/mol. The highest BCUT2D eigenvalue weighted by Crippen LogP contribution is 2.26. The van der Waals surface area contributed by atoms with Crippen molar-refractivity contribution < 1.29 is 0 Å². The maximum atomic E-state index is 6.24. The molecule has 1 fully saturated rings. The fourth-order valence-corrected chi connectivity index (χ4v) is 3.51. The molecule has 2 unspecified atom stereocenters. The Kier molecular flexibility index (Phi) is 6.81. The van der Waals surface area contributed by atoms with E-state index in [1.807, 2.05) is 18.2 Å². The summed E-state index contributed by atoms with van der Waals surface area (Å²) < 4.78 is 0. The minimum Gasteiger partial charge on any atom is -0.310 e. The molecular formula is C17H26Cl2N2. The van der Waals surface area contributed by atoms with Gasteiger partial charge in [0.15, 0.2) is 0 Å². The van der Waals surface area contributed by atoms with Gasteiger partial charge in [-0.25, -0.2) is 0 Å². The van der Waals surface area contributed by atoms with Gasteiger partial charge < -0.3 is 10.2 Å². The highest BCUT2D eigenvalue weighted by Gasteiger charge is 2.17. The van der Waals surface area contributed by atoms with Crippen LogP contribution in [-0.4, -0.2) is 30.6 Å². The lowest BCUT2D eigenvalue weighted by Crippen LogP contribution is -2.39. The highest BCUT2D eigenvalue weighted by molar-refractivity contribution is 6.33. The van der Waals surface area contributed by atoms with Crippen molar-refractivity contribution in [2.24, 2.45) is 0 Å². The van der Waals surface area contributed by atoms with E-state index in [0.717, 1.165) is 28.2 Å². The summed E-state index contributed by atoms with van der Waals surface area (Å²) in [5.41, 5.74) is 1.08. The number of likely N-dealkylation sites (tertiary alicyclic amines) is 1. The highest BCUT2D eigenvalue weighted by atomic mass is 35.5. The van der Waals surface area contributed by atoms with Crippen LogP contribution in [0.5, 0.6) is 0 Å². The number of nitrogens with zero attached hydrogens (tertiary/aromatic N) is 1. The van der Waals surface area contributed by atoms with Gasteiger partial charge in [-0.3, -0.25) is 0 Å². The zero-order chi connectivity index (χ0) is 15.2. The Hall–Kier alpha value is -0.280. The van der Waals surface area contributed by atoms with E-state index in [1.165, 1.54) is 38.8 Å². The van der Waals surface area contributed by atoms with Crippen molar-refractivity contribution in [2.75, 3.05) is 19.6 Å². The maximum absolute atomic E-state index is 6.24. The molecule has 4 heteroatoms. The molecule has 0 spiro atoms. The largest absolute Gasteiger partial charge is 0.310 e. The Morgan fingerprint density at radius 1 is 1.33 bits per heavy atom. The first-order valence-corrected chi connectivity index (χ1v) is 8.76. The summed E-state index contributed by atoms with van der Waals surface area (Å²) in [5.74, 6) is 0. The lowest BCUT2D eigenvalue weighted by molar-refractivity contribution is 0.158. The van der Waals surface area contributed by atoms with Crippen LogP contribution in [0, 0.1) is 0 Å². The summed E-state index contributed by atoms with van der Waals surface area (Å²) in [7, 11) is 0. The molecule has 1 aromatic rings. The summed E-state index contributed by atoms with van der Waals surface area (Å²) in [5, 5.41) is 5.07. The third-order valence-electron chi connectivity index (χ3n) is 4.44. The lowest BCUT2D eigenvalue weighted by atomic mass is 10.0. The molecule has 1 N–H and O–H groups in total. The number of rotatable bonds is 6. The summed E-state index contributed by atoms with van der Waals surface area (Å²) >= 11 is 12.3. The van der Waals surface area contributed by atoms with E-state index in [2.05, 4.69) is 24.1 Å². The second-order valence-corrected chi connectivity index (χ2v) is 6.92. The van der Waals surface area contributed by atoms with Gasteiger partial charge in [-0.2, -0.15) is 0 Å². The first-order chi connectivity index (χ1) is 10.1. The molecule has 2 atom stereocenters. The molecule has 1 saturated heterocycles. The first-order valence-electron chi connectivity index (χ1n) is 8.00. The molecule has 0 aromatic heterocycles. The molecule has 0 radical (unpaired) electrons. The topological polar surface area (TPSA) is 15.3 Å². The number of piperidine rings is 1. The van der Waals surface area contributed by atoms with Crippen molar-refractivity contribution >= 4 is 23.2 Å². The number of benzene rings is 1. The van der Waals surface area contributed by atoms with Gasteiger partial charge in [-0.05, 0) is 76.5 Å². The van der Waals surface area contributed by atoms with Crippen LogP contribution in [0.2, 0.25) is 10.0 Å². The predicted octanol–water partition coefficient (Wildman–Crippen LogP) is 4.91. The number of halogens is 2. The van der Waals surface area contributed by atoms with Crippen LogP contribution in [0.15, 0.2) is 18.2 Å². The second-order valence-electron chi connectivity index (χ2n) is 6.08. The van der Waals surface area contributed by atoms with Crippen molar-refractivity contribution in [3.05, 3.63) is 33.8 Å². The van der Waals surface area contributed by atoms with Gasteiger partial charge in [0.2, 0.25) is 0 Å². The maximum Gasteiger partial charge on any atom is 0.0454 e. The Morgan fingerprint density at radius 2 is 2.14 bits per heavy atom. The Balaban J connectivity index is 1.74. The van der Waals surface area contributed by atoms with E-state index in [9.17, 15) is 0 Å². The van der Waals surface area contributed by atoms with E-state index >= 15 is 0 Å². The van der Waals surface area contributed by atoms with E-state index in [0.29, 0.717) is 0 Å². The Morgan fingerprint density at radius 3 is 2.90 bits per heavy atom. The zero-order valence-corrected chi connectivity index (χ0v) is 14.6. The molecule has 2 rings (SSSR count). The van der Waals surface area contributed by atoms with E-state index in [1.54, 1.807) is 0 Å². The fraction of sp³-hybridized carbons (Fsp3) is 0.647. The standard InChI is InChI=1S/C17H26Cl2N2/c1-13-6-3-4-10-21(13)11-5-9-20-14(2)16-12-15(18)7-8-17(16)19/h7-8,12-14,20H,3-6,9-11H2,1-2H3. The molecule has 118 valence electrons. The van der Waals surface area contributed by atoms with E-state index < -0.39 is 0 Å². The lowest BCUT2D eigenvalue weighted by Gasteiger charge is -2.33. The summed E-state index contributed by atoms with van der Waals surface area (Å²) in [4.78, 5) is 2.61. The average Bonchev–Trinajstić information content (AvgIpc) is 2.47. The molecule has 1 heterocycles. The minimum absolute atomic E-state index is 0.231. The molecule has 0 aliphatic carbocycles. The zero-order valence-electron chi connectivity index (χ0n) is 13.0. The molecular weight excluding hydrogens is 303 g/mol. The van der Waals surface area contributed by atoms with Gasteiger partial charge in [-0.1, -0.05) is 29.6 Å². The van der Waals surface area contributed by atoms with Crippen LogP contribution in [0.4, 0.5) is 0 Å². The molecule has 0 amide bonds. The minimum atomic E-state index is 0.231. The fourth-order valence-electron chi connectivity index (χ4n) is 3.05. The molecule has 0 bridgehead atoms. The van der Waals surface area contributed by atoms with Crippen molar-refractivity contribution in [1.82, 2.24) is 10.2 Å². The van der Waals surface area contributed by atoms with Crippen LogP contribution in [0.1, 0.15) is 51.1 Å². The van der Waals surface area contributed by atoms with Gasteiger partial charge in [0.05, 0.1) is 0 Å². The van der Waals surface area contributed by atoms with Crippen molar-refractivity contribution in [1.29, 1.82) is 0 Å². The molecule has 1 aliphatic heterocycles. The molecule has 1 aliphatic rings. The number of hydrogen-bond acceptors (Lipinski definition) is 2. The summed E-state index contributed by atoms with van der Waals surface area (Å²) in [6.07, 6.45) is 5.27. The van der Waals surface area contributed by atoms with Crippen LogP contribution < -0.4 is 5.32 Å². The first kappa shape index (κ1) is 17.1. The van der Waals surface area contributed by atoms with Gasteiger partial charge in [0.1, 0.15) is 0 Å². The Bertz CT molecular complexity index is 450. The molecule has 2 nitrogen and oxygen atoms in total. The third-order valence-corrected chi connectivity index (χ3v) is 5.02. The second kappa shape index (κ2) is 8.38. The van der Waals surface area contributed by atoms with Crippen LogP contribution in [-0.2, 0) is 0 Å².